The van der Waals surface area contributed by atoms with Crippen LogP contribution in [0.2, 0.25) is 0 Å². The van der Waals surface area contributed by atoms with Gasteiger partial charge in [0.1, 0.15) is 29.8 Å². The van der Waals surface area contributed by atoms with Gasteiger partial charge in [0.2, 0.25) is 0 Å². The normalized spacial score (nSPS) is 48.7. The molecule has 2 bridgehead atoms. The van der Waals surface area contributed by atoms with Gasteiger partial charge >= 0.3 is 5.97 Å². The van der Waals surface area contributed by atoms with Crippen LogP contribution in [-0.4, -0.2) is 64.7 Å². The van der Waals surface area contributed by atoms with Crippen molar-refractivity contribution in [2.75, 3.05) is 6.61 Å². The van der Waals surface area contributed by atoms with E-state index in [1.165, 1.54) is 5.57 Å². The van der Waals surface area contributed by atoms with E-state index in [0.717, 1.165) is 32.1 Å². The van der Waals surface area contributed by atoms with E-state index in [-0.39, 0.29) is 18.8 Å². The Morgan fingerprint density at radius 1 is 1.15 bits per heavy atom. The van der Waals surface area contributed by atoms with E-state index in [0.29, 0.717) is 35.8 Å². The fraction of sp³-hybridized carbons (Fsp3) is 0.719. The Morgan fingerprint density at radius 2 is 1.95 bits per heavy atom. The monoisotopic (exact) mass is 542 g/mol. The van der Waals surface area contributed by atoms with E-state index >= 15 is 0 Å². The summed E-state index contributed by atoms with van der Waals surface area (Å²) in [6, 6.07) is 0. The maximum atomic E-state index is 13.9. The molecular weight excluding hydrogens is 496 g/mol. The lowest BCUT2D eigenvalue weighted by Gasteiger charge is -2.50. The molecule has 1 spiro atoms. The lowest BCUT2D eigenvalue weighted by molar-refractivity contribution is -0.335. The van der Waals surface area contributed by atoms with Crippen molar-refractivity contribution in [1.82, 2.24) is 0 Å². The summed E-state index contributed by atoms with van der Waals surface area (Å²) in [5.41, 5.74) is 0.788. The highest BCUT2D eigenvalue weighted by Crippen LogP contribution is 2.47. The lowest BCUT2D eigenvalue weighted by Crippen LogP contribution is -2.58. The minimum absolute atomic E-state index is 0.104. The maximum Gasteiger partial charge on any atom is 0.316 e. The second-order valence-electron chi connectivity index (χ2n) is 12.7. The summed E-state index contributed by atoms with van der Waals surface area (Å²) in [4.78, 5) is 13.9. The van der Waals surface area contributed by atoms with Gasteiger partial charge in [0.05, 0.1) is 18.8 Å². The summed E-state index contributed by atoms with van der Waals surface area (Å²) < 4.78 is 25.4. The smallest absolute Gasteiger partial charge is 0.316 e. The highest BCUT2D eigenvalue weighted by Gasteiger charge is 2.60. The number of hydrogen-bond acceptors (Lipinski definition) is 7. The second kappa shape index (κ2) is 11.2. The molecule has 7 nitrogen and oxygen atoms in total. The average molecular weight is 543 g/mol. The zero-order chi connectivity index (χ0) is 27.9. The summed E-state index contributed by atoms with van der Waals surface area (Å²) in [6.07, 6.45) is 12.8. The third-order valence-electron chi connectivity index (χ3n) is 9.50. The Balaban J connectivity index is 1.51. The quantitative estimate of drug-likeness (QED) is 0.359. The molecular formula is C32H46O7. The van der Waals surface area contributed by atoms with Gasteiger partial charge in [-0.3, -0.25) is 4.79 Å². The first-order valence-corrected chi connectivity index (χ1v) is 14.8. The van der Waals surface area contributed by atoms with Crippen molar-refractivity contribution in [1.29, 1.82) is 0 Å². The standard InChI is InChI=1S/C32H46O7/c1-6-27-21(4)12-13-31(39-27)17-25-16-24(38-31)11-10-20(3)14-19(2)8-7-9-23-18-36-29-28(33)22(5)15-26(30(34)37-25)32(23,29)35/h7-10,15,19,21,24-29,33,35H,6,11-14,16-18H2,1-5H3/b8-7+,20-10+,23-9+/t19-,21-,24+,25-,26-,27+,28-,29+,31+,32+/m0/s1. The number of esters is 1. The maximum absolute atomic E-state index is 13.9. The lowest BCUT2D eigenvalue weighted by atomic mass is 9.71. The molecule has 3 saturated heterocycles. The van der Waals surface area contributed by atoms with Crippen LogP contribution in [-0.2, 0) is 23.7 Å². The van der Waals surface area contributed by atoms with Crippen LogP contribution in [0.1, 0.15) is 79.6 Å². The van der Waals surface area contributed by atoms with Crippen molar-refractivity contribution in [2.45, 2.75) is 121 Å². The number of aliphatic hydroxyl groups excluding tert-OH is 1. The number of allylic oxidation sites excluding steroid dienone is 4. The highest BCUT2D eigenvalue weighted by atomic mass is 16.7. The Morgan fingerprint density at radius 3 is 2.72 bits per heavy atom. The molecule has 216 valence electrons. The minimum Gasteiger partial charge on any atom is -0.462 e. The van der Waals surface area contributed by atoms with Crippen LogP contribution in [0, 0.1) is 17.8 Å². The van der Waals surface area contributed by atoms with Crippen LogP contribution in [0.15, 0.2) is 47.1 Å². The van der Waals surface area contributed by atoms with Gasteiger partial charge in [-0.25, -0.2) is 0 Å². The molecule has 4 aliphatic heterocycles. The molecule has 10 atom stereocenters. The zero-order valence-corrected chi connectivity index (χ0v) is 24.1. The Kier molecular flexibility index (Phi) is 8.29. The first-order valence-electron chi connectivity index (χ1n) is 14.8. The average Bonchev–Trinajstić information content (AvgIpc) is 3.23. The number of rotatable bonds is 1. The van der Waals surface area contributed by atoms with Crippen molar-refractivity contribution >= 4 is 5.97 Å². The number of carbonyl (C=O) groups excluding carboxylic acids is 1. The zero-order valence-electron chi connectivity index (χ0n) is 24.1. The van der Waals surface area contributed by atoms with Gasteiger partial charge in [-0.1, -0.05) is 56.7 Å². The van der Waals surface area contributed by atoms with Gasteiger partial charge in [0.25, 0.3) is 0 Å². The van der Waals surface area contributed by atoms with Crippen LogP contribution < -0.4 is 0 Å². The van der Waals surface area contributed by atoms with Crippen molar-refractivity contribution in [3.8, 4) is 0 Å². The predicted molar refractivity (Wildman–Crippen MR) is 148 cm³/mol. The molecule has 1 aliphatic carbocycles. The largest absolute Gasteiger partial charge is 0.462 e. The molecule has 3 fully saturated rings. The molecule has 5 rings (SSSR count). The van der Waals surface area contributed by atoms with Crippen molar-refractivity contribution in [3.63, 3.8) is 0 Å². The topological polar surface area (TPSA) is 94.5 Å². The summed E-state index contributed by atoms with van der Waals surface area (Å²) in [6.45, 7) is 10.6. The van der Waals surface area contributed by atoms with E-state index in [9.17, 15) is 15.0 Å². The van der Waals surface area contributed by atoms with E-state index in [1.54, 1.807) is 13.0 Å². The third kappa shape index (κ3) is 5.58. The summed E-state index contributed by atoms with van der Waals surface area (Å²) in [7, 11) is 0. The number of hydrogen-bond donors (Lipinski definition) is 2. The second-order valence-corrected chi connectivity index (χ2v) is 12.7. The van der Waals surface area contributed by atoms with Crippen LogP contribution in [0.5, 0.6) is 0 Å². The van der Waals surface area contributed by atoms with E-state index in [2.05, 4.69) is 39.8 Å². The van der Waals surface area contributed by atoms with Gasteiger partial charge in [0.15, 0.2) is 5.79 Å². The van der Waals surface area contributed by atoms with Gasteiger partial charge in [0, 0.05) is 19.3 Å². The Hall–Kier alpha value is -1.77. The molecule has 7 heteroatoms. The van der Waals surface area contributed by atoms with E-state index < -0.39 is 41.6 Å². The Bertz CT molecular complexity index is 1060. The molecule has 5 aliphatic rings. The molecule has 0 unspecified atom stereocenters. The SMILES string of the molecule is CC[C@H]1O[C@]2(CC[C@@H]1C)C[C@@H]1C[C@@H](C/C=C(\C)C[C@@H](C)/C=C/C=C3\CO[C@@H]4[C@@H](O)C(C)=C[C@@H](C(=O)O1)[C@]34O)O2. The van der Waals surface area contributed by atoms with Gasteiger partial charge < -0.3 is 29.2 Å². The first-order chi connectivity index (χ1) is 18.5. The molecule has 0 aromatic rings. The van der Waals surface area contributed by atoms with E-state index in [1.807, 2.05) is 12.2 Å². The van der Waals surface area contributed by atoms with Crippen LogP contribution in [0.25, 0.3) is 0 Å². The molecule has 2 N–H and O–H groups in total. The van der Waals surface area contributed by atoms with Gasteiger partial charge in [-0.2, -0.15) is 0 Å². The van der Waals surface area contributed by atoms with Crippen LogP contribution in [0.3, 0.4) is 0 Å². The summed E-state index contributed by atoms with van der Waals surface area (Å²) in [5.74, 6) is -1.52. The molecule has 0 amide bonds. The molecule has 0 saturated carbocycles. The van der Waals surface area contributed by atoms with Crippen LogP contribution in [0.4, 0.5) is 0 Å². The number of ether oxygens (including phenoxy) is 4. The number of carbonyl (C=O) groups is 1. The van der Waals surface area contributed by atoms with Crippen molar-refractivity contribution < 1.29 is 34.0 Å². The predicted octanol–water partition coefficient (Wildman–Crippen LogP) is 4.92. The number of aliphatic hydroxyl groups is 2. The number of fused-ring (bicyclic) bond motifs is 2. The van der Waals surface area contributed by atoms with Crippen molar-refractivity contribution in [2.24, 2.45) is 17.8 Å². The van der Waals surface area contributed by atoms with Gasteiger partial charge in [-0.05, 0) is 62.5 Å². The third-order valence-corrected chi connectivity index (χ3v) is 9.50. The summed E-state index contributed by atoms with van der Waals surface area (Å²) >= 11 is 0. The Labute approximate surface area is 232 Å². The van der Waals surface area contributed by atoms with Crippen LogP contribution >= 0.6 is 0 Å². The molecule has 39 heavy (non-hydrogen) atoms. The minimum atomic E-state index is -1.68. The van der Waals surface area contributed by atoms with Gasteiger partial charge in [-0.15, -0.1) is 0 Å². The molecule has 0 radical (unpaired) electrons. The fourth-order valence-electron chi connectivity index (χ4n) is 7.23. The fourth-order valence-corrected chi connectivity index (χ4v) is 7.23. The molecule has 4 heterocycles. The summed E-state index contributed by atoms with van der Waals surface area (Å²) in [5, 5.41) is 22.9. The van der Waals surface area contributed by atoms with E-state index in [4.69, 9.17) is 18.9 Å². The molecule has 0 aromatic heterocycles. The van der Waals surface area contributed by atoms with Crippen molar-refractivity contribution in [3.05, 3.63) is 47.1 Å². The first kappa shape index (κ1) is 28.7. The molecule has 0 aromatic carbocycles. The highest BCUT2D eigenvalue weighted by molar-refractivity contribution is 5.78.